The van der Waals surface area contributed by atoms with Crippen LogP contribution >= 0.6 is 0 Å². The van der Waals surface area contributed by atoms with Crippen LogP contribution < -0.4 is 15.2 Å². The van der Waals surface area contributed by atoms with Gasteiger partial charge in [-0.1, -0.05) is 6.07 Å². The van der Waals surface area contributed by atoms with Crippen LogP contribution in [0.3, 0.4) is 0 Å². The predicted octanol–water partition coefficient (Wildman–Crippen LogP) is 1.98. The number of methoxy groups -OCH3 is 1. The fourth-order valence-electron chi connectivity index (χ4n) is 1.86. The van der Waals surface area contributed by atoms with E-state index in [1.807, 2.05) is 0 Å². The number of hydrogen-bond donors (Lipinski definition) is 1. The van der Waals surface area contributed by atoms with Crippen LogP contribution in [0.15, 0.2) is 18.2 Å². The Kier molecular flexibility index (Phi) is 6.87. The maximum atomic E-state index is 12.3. The average molecular weight is 303 g/mol. The molecule has 21 heavy (non-hydrogen) atoms. The van der Waals surface area contributed by atoms with Gasteiger partial charge in [0.15, 0.2) is 11.5 Å². The number of ether oxygens (including phenoxy) is 3. The maximum Gasteiger partial charge on any atom is 0.387 e. The Balaban J connectivity index is 2.93. The maximum absolute atomic E-state index is 12.3. The number of hydrogen-bond acceptors (Lipinski definition) is 5. The second kappa shape index (κ2) is 8.41. The van der Waals surface area contributed by atoms with Gasteiger partial charge in [-0.25, -0.2) is 0 Å². The third-order valence-electron chi connectivity index (χ3n) is 2.83. The molecular weight excluding hydrogens is 284 g/mol. The first kappa shape index (κ1) is 17.2. The second-order valence-electron chi connectivity index (χ2n) is 4.25. The highest BCUT2D eigenvalue weighted by atomic mass is 19.3. The van der Waals surface area contributed by atoms with Crippen LogP contribution in [0.25, 0.3) is 0 Å². The topological polar surface area (TPSA) is 70.8 Å². The molecule has 0 aliphatic heterocycles. The monoisotopic (exact) mass is 303 g/mol. The van der Waals surface area contributed by atoms with E-state index in [0.717, 1.165) is 5.56 Å². The Bertz CT molecular complexity index is 468. The molecule has 0 aromatic heterocycles. The van der Waals surface area contributed by atoms with Crippen molar-refractivity contribution in [2.75, 3.05) is 20.3 Å². The van der Waals surface area contributed by atoms with E-state index in [2.05, 4.69) is 9.47 Å². The van der Waals surface area contributed by atoms with Crippen LogP contribution in [0.2, 0.25) is 0 Å². The van der Waals surface area contributed by atoms with Gasteiger partial charge in [0.05, 0.1) is 19.6 Å². The molecule has 1 atom stereocenters. The molecule has 0 amide bonds. The Morgan fingerprint density at radius 3 is 2.57 bits per heavy atom. The van der Waals surface area contributed by atoms with Crippen molar-refractivity contribution in [2.24, 2.45) is 11.7 Å². The van der Waals surface area contributed by atoms with Gasteiger partial charge in [0.25, 0.3) is 0 Å². The van der Waals surface area contributed by atoms with Gasteiger partial charge >= 0.3 is 12.6 Å². The first-order valence-electron chi connectivity index (χ1n) is 6.50. The first-order valence-corrected chi connectivity index (χ1v) is 6.50. The molecule has 0 saturated carbocycles. The molecular formula is C14H19F2NO4. The summed E-state index contributed by atoms with van der Waals surface area (Å²) in [4.78, 5) is 11.5. The van der Waals surface area contributed by atoms with Crippen LogP contribution in [0, 0.1) is 5.92 Å². The van der Waals surface area contributed by atoms with Crippen molar-refractivity contribution in [3.63, 3.8) is 0 Å². The summed E-state index contributed by atoms with van der Waals surface area (Å²) in [6.45, 7) is -0.760. The van der Waals surface area contributed by atoms with E-state index in [9.17, 15) is 13.6 Å². The second-order valence-corrected chi connectivity index (χ2v) is 4.25. The molecule has 0 spiro atoms. The number of benzene rings is 1. The summed E-state index contributed by atoms with van der Waals surface area (Å²) in [5.74, 6) is -0.747. The molecule has 0 saturated heterocycles. The van der Waals surface area contributed by atoms with E-state index in [1.54, 1.807) is 19.1 Å². The molecule has 1 unspecified atom stereocenters. The Labute approximate surface area is 122 Å². The van der Waals surface area contributed by atoms with Crippen molar-refractivity contribution < 1.29 is 27.8 Å². The Hall–Kier alpha value is -1.89. The van der Waals surface area contributed by atoms with Crippen LogP contribution in [0.1, 0.15) is 12.5 Å². The zero-order chi connectivity index (χ0) is 15.8. The summed E-state index contributed by atoms with van der Waals surface area (Å²) >= 11 is 0. The highest BCUT2D eigenvalue weighted by Crippen LogP contribution is 2.30. The van der Waals surface area contributed by atoms with Crippen molar-refractivity contribution >= 4 is 5.97 Å². The fraction of sp³-hybridized carbons (Fsp3) is 0.500. The van der Waals surface area contributed by atoms with Crippen molar-refractivity contribution in [2.45, 2.75) is 20.0 Å². The van der Waals surface area contributed by atoms with Crippen molar-refractivity contribution in [3.8, 4) is 11.5 Å². The molecule has 0 aliphatic rings. The summed E-state index contributed by atoms with van der Waals surface area (Å²) in [7, 11) is 1.29. The number of nitrogens with two attached hydrogens (primary N) is 1. The Morgan fingerprint density at radius 1 is 1.33 bits per heavy atom. The first-order chi connectivity index (χ1) is 10.0. The number of halogens is 2. The predicted molar refractivity (Wildman–Crippen MR) is 72.5 cm³/mol. The number of carbonyl (C=O) groups excluding carboxylic acids is 1. The van der Waals surface area contributed by atoms with Gasteiger partial charge in [-0.15, -0.1) is 0 Å². The van der Waals surface area contributed by atoms with Crippen molar-refractivity contribution in [1.29, 1.82) is 0 Å². The molecule has 1 rings (SSSR count). The van der Waals surface area contributed by atoms with Crippen LogP contribution in [-0.2, 0) is 16.0 Å². The molecule has 2 N–H and O–H groups in total. The van der Waals surface area contributed by atoms with Crippen molar-refractivity contribution in [3.05, 3.63) is 23.8 Å². The van der Waals surface area contributed by atoms with Crippen LogP contribution in [0.4, 0.5) is 8.78 Å². The third-order valence-corrected chi connectivity index (χ3v) is 2.83. The number of carbonyl (C=O) groups is 1. The lowest BCUT2D eigenvalue weighted by atomic mass is 9.99. The molecule has 1 aromatic carbocycles. The van der Waals surface area contributed by atoms with E-state index >= 15 is 0 Å². The molecule has 7 heteroatoms. The molecule has 0 heterocycles. The number of alkyl halides is 2. The largest absolute Gasteiger partial charge is 0.490 e. The molecule has 5 nitrogen and oxygen atoms in total. The zero-order valence-electron chi connectivity index (χ0n) is 12.0. The lowest BCUT2D eigenvalue weighted by molar-refractivity contribution is -0.145. The van der Waals surface area contributed by atoms with Gasteiger partial charge in [0.2, 0.25) is 0 Å². The number of esters is 1. The van der Waals surface area contributed by atoms with E-state index in [-0.39, 0.29) is 18.0 Å². The highest BCUT2D eigenvalue weighted by molar-refractivity contribution is 5.73. The van der Waals surface area contributed by atoms with Crippen molar-refractivity contribution in [1.82, 2.24) is 0 Å². The average Bonchev–Trinajstić information content (AvgIpc) is 2.46. The summed E-state index contributed by atoms with van der Waals surface area (Å²) in [6.07, 6.45) is 0.332. The van der Waals surface area contributed by atoms with Crippen LogP contribution in [0.5, 0.6) is 11.5 Å². The summed E-state index contributed by atoms with van der Waals surface area (Å²) in [5.41, 5.74) is 6.26. The SMILES string of the molecule is CCOc1cc(CC(CN)C(=O)OC)ccc1OC(F)F. The minimum atomic E-state index is -2.93. The fourth-order valence-corrected chi connectivity index (χ4v) is 1.86. The Morgan fingerprint density at radius 2 is 2.05 bits per heavy atom. The summed E-state index contributed by atoms with van der Waals surface area (Å²) in [6, 6.07) is 4.54. The lowest BCUT2D eigenvalue weighted by Gasteiger charge is -2.15. The minimum Gasteiger partial charge on any atom is -0.490 e. The van der Waals surface area contributed by atoms with E-state index in [4.69, 9.17) is 10.5 Å². The standard InChI is InChI=1S/C14H19F2NO4/c1-3-20-12-7-9(4-5-11(12)21-14(15)16)6-10(8-17)13(18)19-2/h4-5,7,10,14H,3,6,8,17H2,1-2H3. The van der Waals surface area contributed by atoms with Gasteiger partial charge in [-0.3, -0.25) is 4.79 Å². The van der Waals surface area contributed by atoms with E-state index in [0.29, 0.717) is 13.0 Å². The van der Waals surface area contributed by atoms with E-state index in [1.165, 1.54) is 13.2 Å². The summed E-state index contributed by atoms with van der Waals surface area (Å²) in [5, 5.41) is 0. The molecule has 0 fully saturated rings. The zero-order valence-corrected chi connectivity index (χ0v) is 12.0. The van der Waals surface area contributed by atoms with Gasteiger partial charge in [0.1, 0.15) is 0 Å². The van der Waals surface area contributed by atoms with Gasteiger partial charge in [-0.2, -0.15) is 8.78 Å². The molecule has 0 radical (unpaired) electrons. The van der Waals surface area contributed by atoms with Crippen LogP contribution in [-0.4, -0.2) is 32.8 Å². The molecule has 0 aliphatic carbocycles. The highest BCUT2D eigenvalue weighted by Gasteiger charge is 2.19. The number of rotatable bonds is 8. The molecule has 1 aromatic rings. The summed E-state index contributed by atoms with van der Waals surface area (Å²) < 4.78 is 38.9. The normalized spacial score (nSPS) is 12.1. The van der Waals surface area contributed by atoms with Gasteiger partial charge in [0, 0.05) is 6.54 Å². The van der Waals surface area contributed by atoms with Gasteiger partial charge < -0.3 is 19.9 Å². The third kappa shape index (κ3) is 5.18. The molecule has 118 valence electrons. The quantitative estimate of drug-likeness (QED) is 0.744. The smallest absolute Gasteiger partial charge is 0.387 e. The van der Waals surface area contributed by atoms with Gasteiger partial charge in [-0.05, 0) is 31.0 Å². The molecule has 0 bridgehead atoms. The minimum absolute atomic E-state index is 0.0435. The van der Waals surface area contributed by atoms with E-state index < -0.39 is 18.5 Å². The lowest BCUT2D eigenvalue weighted by Crippen LogP contribution is -2.26.